The SMILES string of the molecule is CCCC(=O)NCCCOCC(COCCOC)OCCOC. The van der Waals surface area contributed by atoms with Gasteiger partial charge in [0.1, 0.15) is 6.10 Å². The summed E-state index contributed by atoms with van der Waals surface area (Å²) in [5.41, 5.74) is 0. The summed E-state index contributed by atoms with van der Waals surface area (Å²) in [5.74, 6) is 0.0971. The van der Waals surface area contributed by atoms with Crippen LogP contribution in [0.4, 0.5) is 0 Å². The van der Waals surface area contributed by atoms with E-state index in [1.165, 1.54) is 0 Å². The van der Waals surface area contributed by atoms with Crippen LogP contribution in [0.25, 0.3) is 0 Å². The fraction of sp³-hybridized carbons (Fsp3) is 0.938. The third kappa shape index (κ3) is 15.9. The van der Waals surface area contributed by atoms with E-state index >= 15 is 0 Å². The van der Waals surface area contributed by atoms with Gasteiger partial charge in [0.05, 0.1) is 39.6 Å². The third-order valence-corrected chi connectivity index (χ3v) is 2.94. The van der Waals surface area contributed by atoms with Gasteiger partial charge < -0.3 is 29.0 Å². The maximum atomic E-state index is 11.3. The molecule has 23 heavy (non-hydrogen) atoms. The highest BCUT2D eigenvalue weighted by Gasteiger charge is 2.10. The number of methoxy groups -OCH3 is 2. The summed E-state index contributed by atoms with van der Waals surface area (Å²) in [5, 5.41) is 2.86. The molecular formula is C16H33NO6. The molecule has 0 aliphatic rings. The monoisotopic (exact) mass is 335 g/mol. The average molecular weight is 335 g/mol. The molecule has 0 spiro atoms. The number of hydrogen-bond donors (Lipinski definition) is 1. The lowest BCUT2D eigenvalue weighted by Gasteiger charge is -2.18. The number of amides is 1. The second kappa shape index (κ2) is 17.6. The first-order valence-corrected chi connectivity index (χ1v) is 8.26. The Morgan fingerprint density at radius 3 is 2.26 bits per heavy atom. The molecule has 0 aliphatic carbocycles. The van der Waals surface area contributed by atoms with Crippen LogP contribution in [0.15, 0.2) is 0 Å². The molecule has 7 heteroatoms. The zero-order chi connectivity index (χ0) is 17.2. The van der Waals surface area contributed by atoms with E-state index in [0.29, 0.717) is 59.2 Å². The molecule has 0 heterocycles. The van der Waals surface area contributed by atoms with Crippen molar-refractivity contribution in [1.82, 2.24) is 5.32 Å². The normalized spacial score (nSPS) is 12.3. The van der Waals surface area contributed by atoms with E-state index < -0.39 is 0 Å². The van der Waals surface area contributed by atoms with Crippen molar-refractivity contribution < 1.29 is 28.5 Å². The maximum absolute atomic E-state index is 11.3. The summed E-state index contributed by atoms with van der Waals surface area (Å²) in [6.07, 6.45) is 2.10. The molecule has 138 valence electrons. The van der Waals surface area contributed by atoms with Crippen LogP contribution < -0.4 is 5.32 Å². The van der Waals surface area contributed by atoms with Crippen molar-refractivity contribution in [2.45, 2.75) is 32.3 Å². The van der Waals surface area contributed by atoms with Crippen LogP contribution in [0.3, 0.4) is 0 Å². The maximum Gasteiger partial charge on any atom is 0.219 e. The molecule has 0 radical (unpaired) electrons. The zero-order valence-electron chi connectivity index (χ0n) is 14.8. The van der Waals surface area contributed by atoms with Gasteiger partial charge in [-0.15, -0.1) is 0 Å². The first kappa shape index (κ1) is 22.3. The van der Waals surface area contributed by atoms with Gasteiger partial charge in [0, 0.05) is 33.8 Å². The predicted molar refractivity (Wildman–Crippen MR) is 87.7 cm³/mol. The van der Waals surface area contributed by atoms with Crippen LogP contribution in [0.5, 0.6) is 0 Å². The Balaban J connectivity index is 3.69. The van der Waals surface area contributed by atoms with Gasteiger partial charge in [-0.05, 0) is 12.8 Å². The van der Waals surface area contributed by atoms with E-state index in [-0.39, 0.29) is 12.0 Å². The Hall–Kier alpha value is -0.730. The Morgan fingerprint density at radius 1 is 0.957 bits per heavy atom. The van der Waals surface area contributed by atoms with Gasteiger partial charge in [0.15, 0.2) is 0 Å². The van der Waals surface area contributed by atoms with Crippen LogP contribution in [-0.2, 0) is 28.5 Å². The molecule has 0 aromatic rings. The van der Waals surface area contributed by atoms with E-state index in [0.717, 1.165) is 12.8 Å². The Kier molecular flexibility index (Phi) is 17.1. The van der Waals surface area contributed by atoms with Crippen LogP contribution in [0.1, 0.15) is 26.2 Å². The highest BCUT2D eigenvalue weighted by molar-refractivity contribution is 5.75. The summed E-state index contributed by atoms with van der Waals surface area (Å²) in [6.45, 7) is 6.25. The molecule has 0 rings (SSSR count). The van der Waals surface area contributed by atoms with Crippen molar-refractivity contribution in [3.63, 3.8) is 0 Å². The summed E-state index contributed by atoms with van der Waals surface area (Å²) in [6, 6.07) is 0. The van der Waals surface area contributed by atoms with Crippen molar-refractivity contribution in [3.05, 3.63) is 0 Å². The lowest BCUT2D eigenvalue weighted by atomic mass is 10.3. The van der Waals surface area contributed by atoms with Crippen LogP contribution in [0.2, 0.25) is 0 Å². The smallest absolute Gasteiger partial charge is 0.219 e. The van der Waals surface area contributed by atoms with E-state index in [4.69, 9.17) is 23.7 Å². The Labute approximate surface area is 139 Å². The minimum absolute atomic E-state index is 0.0971. The molecule has 1 atom stereocenters. The van der Waals surface area contributed by atoms with Gasteiger partial charge in [-0.25, -0.2) is 0 Å². The van der Waals surface area contributed by atoms with E-state index in [1.807, 2.05) is 6.92 Å². The van der Waals surface area contributed by atoms with Crippen molar-refractivity contribution in [3.8, 4) is 0 Å². The molecular weight excluding hydrogens is 302 g/mol. The second-order valence-electron chi connectivity index (χ2n) is 5.08. The molecule has 0 saturated carbocycles. The number of hydrogen-bond acceptors (Lipinski definition) is 6. The van der Waals surface area contributed by atoms with Gasteiger partial charge >= 0.3 is 0 Å². The number of carbonyl (C=O) groups excluding carboxylic acids is 1. The van der Waals surface area contributed by atoms with Gasteiger partial charge in [-0.3, -0.25) is 4.79 Å². The summed E-state index contributed by atoms with van der Waals surface area (Å²) in [4.78, 5) is 11.3. The molecule has 7 nitrogen and oxygen atoms in total. The second-order valence-corrected chi connectivity index (χ2v) is 5.08. The molecule has 1 amide bonds. The predicted octanol–water partition coefficient (Wildman–Crippen LogP) is 1.00. The first-order valence-electron chi connectivity index (χ1n) is 8.26. The van der Waals surface area contributed by atoms with E-state index in [9.17, 15) is 4.79 Å². The lowest BCUT2D eigenvalue weighted by molar-refractivity contribution is -0.121. The number of carbonyl (C=O) groups is 1. The molecule has 1 N–H and O–H groups in total. The summed E-state index contributed by atoms with van der Waals surface area (Å²) in [7, 11) is 3.27. The van der Waals surface area contributed by atoms with Crippen molar-refractivity contribution >= 4 is 5.91 Å². The quantitative estimate of drug-likeness (QED) is 0.400. The molecule has 0 saturated heterocycles. The van der Waals surface area contributed by atoms with E-state index in [2.05, 4.69) is 5.32 Å². The minimum atomic E-state index is -0.128. The highest BCUT2D eigenvalue weighted by Crippen LogP contribution is 1.97. The number of nitrogens with one attached hydrogen (secondary N) is 1. The minimum Gasteiger partial charge on any atom is -0.382 e. The molecule has 0 aromatic heterocycles. The fourth-order valence-electron chi connectivity index (χ4n) is 1.73. The molecule has 1 unspecified atom stereocenters. The standard InChI is InChI=1S/C16H33NO6/c1-4-6-16(18)17-7-5-8-21-13-15(23-12-10-20-3)14-22-11-9-19-2/h15H,4-14H2,1-3H3,(H,17,18). The Morgan fingerprint density at radius 2 is 1.61 bits per heavy atom. The topological polar surface area (TPSA) is 75.3 Å². The van der Waals surface area contributed by atoms with Crippen molar-refractivity contribution in [2.75, 3.05) is 67.0 Å². The highest BCUT2D eigenvalue weighted by atomic mass is 16.6. The molecule has 0 aromatic carbocycles. The van der Waals surface area contributed by atoms with Crippen LogP contribution in [0, 0.1) is 0 Å². The lowest BCUT2D eigenvalue weighted by Crippen LogP contribution is -2.29. The number of rotatable bonds is 17. The zero-order valence-corrected chi connectivity index (χ0v) is 14.8. The first-order chi connectivity index (χ1) is 11.2. The number of ether oxygens (including phenoxy) is 5. The molecule has 0 bridgehead atoms. The largest absolute Gasteiger partial charge is 0.382 e. The van der Waals surface area contributed by atoms with E-state index in [1.54, 1.807) is 14.2 Å². The van der Waals surface area contributed by atoms with Crippen molar-refractivity contribution in [2.24, 2.45) is 0 Å². The molecule has 0 aliphatic heterocycles. The summed E-state index contributed by atoms with van der Waals surface area (Å²) >= 11 is 0. The van der Waals surface area contributed by atoms with Gasteiger partial charge in [-0.2, -0.15) is 0 Å². The Bertz CT molecular complexity index is 265. The average Bonchev–Trinajstić information content (AvgIpc) is 2.54. The van der Waals surface area contributed by atoms with Gasteiger partial charge in [-0.1, -0.05) is 6.92 Å². The summed E-state index contributed by atoms with van der Waals surface area (Å²) < 4.78 is 26.6. The van der Waals surface area contributed by atoms with Crippen LogP contribution in [-0.4, -0.2) is 79.0 Å². The fourth-order valence-corrected chi connectivity index (χ4v) is 1.73. The van der Waals surface area contributed by atoms with Gasteiger partial charge in [0.25, 0.3) is 0 Å². The van der Waals surface area contributed by atoms with Crippen molar-refractivity contribution in [1.29, 1.82) is 0 Å². The van der Waals surface area contributed by atoms with Gasteiger partial charge in [0.2, 0.25) is 5.91 Å². The van der Waals surface area contributed by atoms with Crippen LogP contribution >= 0.6 is 0 Å². The molecule has 0 fully saturated rings. The third-order valence-electron chi connectivity index (χ3n) is 2.94.